The van der Waals surface area contributed by atoms with Gasteiger partial charge in [-0.2, -0.15) is 0 Å². The van der Waals surface area contributed by atoms with Gasteiger partial charge < -0.3 is 20.6 Å². The zero-order valence-corrected chi connectivity index (χ0v) is 9.72. The van der Waals surface area contributed by atoms with E-state index in [2.05, 4.69) is 0 Å². The molecule has 0 saturated carbocycles. The summed E-state index contributed by atoms with van der Waals surface area (Å²) in [6.45, 7) is 5.58. The van der Waals surface area contributed by atoms with Gasteiger partial charge in [0.2, 0.25) is 0 Å². The van der Waals surface area contributed by atoms with Gasteiger partial charge in [0.1, 0.15) is 0 Å². The van der Waals surface area contributed by atoms with Crippen LogP contribution in [0.25, 0.3) is 0 Å². The molecule has 6 nitrogen and oxygen atoms in total. The van der Waals surface area contributed by atoms with Crippen LogP contribution >= 0.6 is 0 Å². The van der Waals surface area contributed by atoms with Crippen molar-refractivity contribution in [3.05, 3.63) is 0 Å². The van der Waals surface area contributed by atoms with E-state index in [0.29, 0.717) is 19.6 Å². The SMILES string of the molecule is CCN(CC)C(=O)N1C[C@@H](N)[C@@H](C(=O)O)C1. The van der Waals surface area contributed by atoms with E-state index < -0.39 is 17.9 Å². The molecular formula is C10H19N3O3. The van der Waals surface area contributed by atoms with Gasteiger partial charge in [-0.05, 0) is 13.8 Å². The van der Waals surface area contributed by atoms with Crippen molar-refractivity contribution in [1.82, 2.24) is 9.80 Å². The van der Waals surface area contributed by atoms with Gasteiger partial charge in [0.25, 0.3) is 0 Å². The Labute approximate surface area is 95.0 Å². The van der Waals surface area contributed by atoms with E-state index >= 15 is 0 Å². The number of amides is 2. The second-order valence-electron chi connectivity index (χ2n) is 3.97. The van der Waals surface area contributed by atoms with Crippen LogP contribution in [0, 0.1) is 5.92 Å². The van der Waals surface area contributed by atoms with E-state index in [0.717, 1.165) is 0 Å². The number of urea groups is 1. The fourth-order valence-corrected chi connectivity index (χ4v) is 1.94. The Morgan fingerprint density at radius 3 is 2.31 bits per heavy atom. The molecule has 0 aliphatic carbocycles. The Morgan fingerprint density at radius 2 is 1.94 bits per heavy atom. The van der Waals surface area contributed by atoms with Crippen LogP contribution in [0.1, 0.15) is 13.8 Å². The number of rotatable bonds is 3. The summed E-state index contributed by atoms with van der Waals surface area (Å²) >= 11 is 0. The first-order chi connectivity index (χ1) is 7.51. The molecule has 0 unspecified atom stereocenters. The van der Waals surface area contributed by atoms with Crippen LogP contribution in [-0.2, 0) is 4.79 Å². The molecule has 2 atom stereocenters. The highest BCUT2D eigenvalue weighted by molar-refractivity contribution is 5.78. The molecule has 1 aliphatic rings. The number of carbonyl (C=O) groups is 2. The van der Waals surface area contributed by atoms with Gasteiger partial charge in [-0.25, -0.2) is 4.79 Å². The molecule has 1 heterocycles. The van der Waals surface area contributed by atoms with Gasteiger partial charge >= 0.3 is 12.0 Å². The van der Waals surface area contributed by atoms with E-state index in [4.69, 9.17) is 10.8 Å². The molecule has 1 fully saturated rings. The quantitative estimate of drug-likeness (QED) is 0.701. The molecule has 16 heavy (non-hydrogen) atoms. The molecule has 1 aliphatic heterocycles. The van der Waals surface area contributed by atoms with Gasteiger partial charge in [0, 0.05) is 32.2 Å². The predicted octanol–water partition coefficient (Wildman–Crippen LogP) is -0.208. The van der Waals surface area contributed by atoms with Crippen molar-refractivity contribution in [2.24, 2.45) is 11.7 Å². The first-order valence-corrected chi connectivity index (χ1v) is 5.53. The van der Waals surface area contributed by atoms with Crippen molar-refractivity contribution >= 4 is 12.0 Å². The third-order valence-corrected chi connectivity index (χ3v) is 2.99. The molecule has 0 radical (unpaired) electrons. The Hall–Kier alpha value is -1.30. The highest BCUT2D eigenvalue weighted by Gasteiger charge is 2.38. The molecule has 2 amide bonds. The van der Waals surface area contributed by atoms with Gasteiger partial charge in [0.15, 0.2) is 0 Å². The summed E-state index contributed by atoms with van der Waals surface area (Å²) in [5, 5.41) is 8.90. The van der Waals surface area contributed by atoms with Crippen molar-refractivity contribution in [3.63, 3.8) is 0 Å². The standard InChI is InChI=1S/C10H19N3O3/c1-3-12(4-2)10(16)13-5-7(9(14)15)8(11)6-13/h7-8H,3-6,11H2,1-2H3,(H,14,15)/t7-,8+/m0/s1. The lowest BCUT2D eigenvalue weighted by molar-refractivity contribution is -0.141. The van der Waals surface area contributed by atoms with E-state index in [1.807, 2.05) is 13.8 Å². The van der Waals surface area contributed by atoms with Gasteiger partial charge in [-0.3, -0.25) is 4.79 Å². The summed E-state index contributed by atoms with van der Waals surface area (Å²) in [5.74, 6) is -1.57. The first kappa shape index (κ1) is 12.8. The zero-order chi connectivity index (χ0) is 12.3. The molecular weight excluding hydrogens is 210 g/mol. The lowest BCUT2D eigenvalue weighted by atomic mass is 10.1. The molecule has 1 rings (SSSR count). The molecule has 3 N–H and O–H groups in total. The summed E-state index contributed by atoms with van der Waals surface area (Å²) in [4.78, 5) is 26.0. The highest BCUT2D eigenvalue weighted by atomic mass is 16.4. The molecule has 92 valence electrons. The fourth-order valence-electron chi connectivity index (χ4n) is 1.94. The minimum atomic E-state index is -0.928. The van der Waals surface area contributed by atoms with Crippen LogP contribution in [-0.4, -0.2) is 59.1 Å². The first-order valence-electron chi connectivity index (χ1n) is 5.53. The van der Waals surface area contributed by atoms with E-state index in [9.17, 15) is 9.59 Å². The zero-order valence-electron chi connectivity index (χ0n) is 9.72. The number of carboxylic acid groups (broad SMARTS) is 1. The normalized spacial score (nSPS) is 24.6. The van der Waals surface area contributed by atoms with Crippen LogP contribution in [0.2, 0.25) is 0 Å². The number of hydrogen-bond donors (Lipinski definition) is 2. The Bertz CT molecular complexity index is 278. The maximum atomic E-state index is 11.9. The van der Waals surface area contributed by atoms with Crippen molar-refractivity contribution in [3.8, 4) is 0 Å². The maximum Gasteiger partial charge on any atom is 0.320 e. The van der Waals surface area contributed by atoms with Crippen molar-refractivity contribution in [1.29, 1.82) is 0 Å². The minimum Gasteiger partial charge on any atom is -0.481 e. The van der Waals surface area contributed by atoms with Crippen LogP contribution < -0.4 is 5.73 Å². The fraction of sp³-hybridized carbons (Fsp3) is 0.800. The summed E-state index contributed by atoms with van der Waals surface area (Å²) in [6, 6.07) is -0.582. The Balaban J connectivity index is 2.64. The van der Waals surface area contributed by atoms with Gasteiger partial charge in [0.05, 0.1) is 5.92 Å². The third-order valence-electron chi connectivity index (χ3n) is 2.99. The van der Waals surface area contributed by atoms with E-state index in [1.165, 1.54) is 4.90 Å². The van der Waals surface area contributed by atoms with E-state index in [1.54, 1.807) is 4.90 Å². The molecule has 1 saturated heterocycles. The average molecular weight is 229 g/mol. The highest BCUT2D eigenvalue weighted by Crippen LogP contribution is 2.17. The molecule has 0 aromatic rings. The molecule has 0 bridgehead atoms. The lowest BCUT2D eigenvalue weighted by Crippen LogP contribution is -2.42. The van der Waals surface area contributed by atoms with Crippen LogP contribution in [0.3, 0.4) is 0 Å². The second-order valence-corrected chi connectivity index (χ2v) is 3.97. The monoisotopic (exact) mass is 229 g/mol. The number of carboxylic acids is 1. The van der Waals surface area contributed by atoms with E-state index in [-0.39, 0.29) is 12.6 Å². The minimum absolute atomic E-state index is 0.121. The molecule has 6 heteroatoms. The topological polar surface area (TPSA) is 86.9 Å². The van der Waals surface area contributed by atoms with Gasteiger partial charge in [-0.15, -0.1) is 0 Å². The molecule has 0 aromatic carbocycles. The largest absolute Gasteiger partial charge is 0.481 e. The van der Waals surface area contributed by atoms with Crippen LogP contribution in [0.4, 0.5) is 4.79 Å². The smallest absolute Gasteiger partial charge is 0.320 e. The molecule has 0 aromatic heterocycles. The van der Waals surface area contributed by atoms with Crippen molar-refractivity contribution in [2.75, 3.05) is 26.2 Å². The number of carbonyl (C=O) groups excluding carboxylic acids is 1. The maximum absolute atomic E-state index is 11.9. The van der Waals surface area contributed by atoms with Crippen LogP contribution in [0.15, 0.2) is 0 Å². The molecule has 0 spiro atoms. The summed E-state index contributed by atoms with van der Waals surface area (Å²) in [5.41, 5.74) is 5.70. The van der Waals surface area contributed by atoms with Crippen LogP contribution in [0.5, 0.6) is 0 Å². The number of aliphatic carboxylic acids is 1. The Kier molecular flexibility index (Phi) is 4.12. The summed E-state index contributed by atoms with van der Waals surface area (Å²) in [7, 11) is 0. The number of hydrogen-bond acceptors (Lipinski definition) is 3. The second kappa shape index (κ2) is 5.16. The van der Waals surface area contributed by atoms with Crippen molar-refractivity contribution in [2.45, 2.75) is 19.9 Å². The summed E-state index contributed by atoms with van der Waals surface area (Å²) < 4.78 is 0. The Morgan fingerprint density at radius 1 is 1.38 bits per heavy atom. The average Bonchev–Trinajstić information content (AvgIpc) is 2.62. The number of nitrogens with two attached hydrogens (primary N) is 1. The predicted molar refractivity (Wildman–Crippen MR) is 59.0 cm³/mol. The lowest BCUT2D eigenvalue weighted by Gasteiger charge is -2.25. The summed E-state index contributed by atoms with van der Waals surface area (Å²) in [6.07, 6.45) is 0. The van der Waals surface area contributed by atoms with Gasteiger partial charge in [-0.1, -0.05) is 0 Å². The number of likely N-dealkylation sites (tertiary alicyclic amines) is 1. The number of nitrogens with zero attached hydrogens (tertiary/aromatic N) is 2. The third kappa shape index (κ3) is 2.44. The van der Waals surface area contributed by atoms with Crippen molar-refractivity contribution < 1.29 is 14.7 Å².